The van der Waals surface area contributed by atoms with Gasteiger partial charge >= 0.3 is 0 Å². The van der Waals surface area contributed by atoms with Crippen LogP contribution in [0.25, 0.3) is 0 Å². The molecular formula is C14H24N2O3. The molecular weight excluding hydrogens is 244 g/mol. The maximum absolute atomic E-state index is 12.5. The first-order valence-corrected chi connectivity index (χ1v) is 7.17. The van der Waals surface area contributed by atoms with Crippen molar-refractivity contribution in [2.75, 3.05) is 26.2 Å². The first-order chi connectivity index (χ1) is 8.94. The number of ether oxygens (including phenoxy) is 1. The second kappa shape index (κ2) is 5.49. The summed E-state index contributed by atoms with van der Waals surface area (Å²) >= 11 is 0. The number of carbonyl (C=O) groups is 2. The van der Waals surface area contributed by atoms with Crippen molar-refractivity contribution in [2.24, 2.45) is 0 Å². The molecule has 1 atom stereocenters. The van der Waals surface area contributed by atoms with E-state index in [1.807, 2.05) is 25.7 Å². The third-order valence-corrected chi connectivity index (χ3v) is 3.87. The van der Waals surface area contributed by atoms with Gasteiger partial charge in [0.2, 0.25) is 11.8 Å². The van der Waals surface area contributed by atoms with Gasteiger partial charge in [0.1, 0.15) is 6.04 Å². The fourth-order valence-electron chi connectivity index (χ4n) is 3.07. The molecule has 2 fully saturated rings. The molecule has 0 bridgehead atoms. The van der Waals surface area contributed by atoms with Gasteiger partial charge in [-0.05, 0) is 33.6 Å². The lowest BCUT2D eigenvalue weighted by atomic mass is 10.1. The van der Waals surface area contributed by atoms with Crippen LogP contribution in [0.5, 0.6) is 0 Å². The average molecular weight is 268 g/mol. The van der Waals surface area contributed by atoms with Crippen LogP contribution in [0.15, 0.2) is 0 Å². The van der Waals surface area contributed by atoms with Gasteiger partial charge in [-0.15, -0.1) is 0 Å². The van der Waals surface area contributed by atoms with E-state index >= 15 is 0 Å². The highest BCUT2D eigenvalue weighted by Crippen LogP contribution is 2.24. The summed E-state index contributed by atoms with van der Waals surface area (Å²) < 4.78 is 5.67. The summed E-state index contributed by atoms with van der Waals surface area (Å²) in [5.74, 6) is 0.212. The van der Waals surface area contributed by atoms with Crippen molar-refractivity contribution in [2.45, 2.75) is 51.7 Å². The van der Waals surface area contributed by atoms with Crippen LogP contribution in [0, 0.1) is 0 Å². The molecule has 0 aromatic carbocycles. The number of hydrogen-bond acceptors (Lipinski definition) is 3. The molecule has 2 saturated heterocycles. The highest BCUT2D eigenvalue weighted by atomic mass is 16.5. The minimum atomic E-state index is -0.360. The Bertz CT molecular complexity index is 368. The Labute approximate surface area is 114 Å². The zero-order valence-electron chi connectivity index (χ0n) is 12.1. The molecule has 2 amide bonds. The van der Waals surface area contributed by atoms with Crippen LogP contribution in [0.4, 0.5) is 0 Å². The van der Waals surface area contributed by atoms with Crippen molar-refractivity contribution in [1.82, 2.24) is 9.80 Å². The summed E-state index contributed by atoms with van der Waals surface area (Å²) in [6.45, 7) is 8.36. The Morgan fingerprint density at radius 1 is 1.32 bits per heavy atom. The lowest BCUT2D eigenvalue weighted by Crippen LogP contribution is -2.48. The van der Waals surface area contributed by atoms with Crippen LogP contribution in [0.2, 0.25) is 0 Å². The number of fused-ring (bicyclic) bond motifs is 1. The van der Waals surface area contributed by atoms with E-state index in [1.54, 1.807) is 4.90 Å². The van der Waals surface area contributed by atoms with E-state index in [1.165, 1.54) is 0 Å². The maximum Gasteiger partial charge on any atom is 0.245 e. The van der Waals surface area contributed by atoms with Gasteiger partial charge in [-0.3, -0.25) is 9.59 Å². The molecule has 0 spiro atoms. The Hall–Kier alpha value is -1.10. The van der Waals surface area contributed by atoms with E-state index in [2.05, 4.69) is 0 Å². The predicted octanol–water partition coefficient (Wildman–Crippen LogP) is 1.02. The second-order valence-electron chi connectivity index (χ2n) is 5.95. The van der Waals surface area contributed by atoms with Crippen LogP contribution in [-0.4, -0.2) is 59.5 Å². The molecule has 5 nitrogen and oxygen atoms in total. The molecule has 1 unspecified atom stereocenters. The summed E-state index contributed by atoms with van der Waals surface area (Å²) in [5.41, 5.74) is -0.360. The number of amides is 2. The first kappa shape index (κ1) is 14.3. The highest BCUT2D eigenvalue weighted by Gasteiger charge is 2.40. The molecule has 0 aliphatic carbocycles. The Morgan fingerprint density at radius 2 is 2.05 bits per heavy atom. The van der Waals surface area contributed by atoms with Gasteiger partial charge in [-0.25, -0.2) is 0 Å². The van der Waals surface area contributed by atoms with Gasteiger partial charge in [0.25, 0.3) is 0 Å². The van der Waals surface area contributed by atoms with Gasteiger partial charge in [-0.2, -0.15) is 0 Å². The fraction of sp³-hybridized carbons (Fsp3) is 0.857. The molecule has 108 valence electrons. The lowest BCUT2D eigenvalue weighted by Gasteiger charge is -2.33. The van der Waals surface area contributed by atoms with Crippen LogP contribution < -0.4 is 0 Å². The topological polar surface area (TPSA) is 49.9 Å². The van der Waals surface area contributed by atoms with Crippen LogP contribution >= 0.6 is 0 Å². The van der Waals surface area contributed by atoms with Crippen LogP contribution in [0.1, 0.15) is 40.0 Å². The molecule has 0 radical (unpaired) electrons. The van der Waals surface area contributed by atoms with Gasteiger partial charge in [0.15, 0.2) is 0 Å². The lowest BCUT2D eigenvalue weighted by molar-refractivity contribution is -0.141. The van der Waals surface area contributed by atoms with E-state index in [-0.39, 0.29) is 23.5 Å². The molecule has 0 aromatic rings. The third-order valence-electron chi connectivity index (χ3n) is 3.87. The van der Waals surface area contributed by atoms with Crippen molar-refractivity contribution < 1.29 is 14.3 Å². The normalized spacial score (nSPS) is 24.7. The summed E-state index contributed by atoms with van der Waals surface area (Å²) in [6, 6.07) is -0.229. The van der Waals surface area contributed by atoms with Crippen LogP contribution in [-0.2, 0) is 14.3 Å². The molecule has 0 aromatic heterocycles. The zero-order chi connectivity index (χ0) is 14.0. The Morgan fingerprint density at radius 3 is 2.74 bits per heavy atom. The molecule has 0 N–H and O–H groups in total. The van der Waals surface area contributed by atoms with E-state index in [0.717, 1.165) is 19.4 Å². The molecule has 2 rings (SSSR count). The van der Waals surface area contributed by atoms with E-state index < -0.39 is 0 Å². The zero-order valence-corrected chi connectivity index (χ0v) is 12.1. The number of rotatable bonds is 4. The SMILES string of the molecule is CCOC(C)(C)CN1CCC(=O)N2CCCC2C1=O. The molecule has 19 heavy (non-hydrogen) atoms. The summed E-state index contributed by atoms with van der Waals surface area (Å²) in [6.07, 6.45) is 2.17. The predicted molar refractivity (Wildman–Crippen MR) is 71.6 cm³/mol. The third kappa shape index (κ3) is 3.08. The van der Waals surface area contributed by atoms with Crippen molar-refractivity contribution in [3.8, 4) is 0 Å². The number of hydrogen-bond donors (Lipinski definition) is 0. The minimum Gasteiger partial charge on any atom is -0.374 e. The van der Waals surface area contributed by atoms with E-state index in [4.69, 9.17) is 4.74 Å². The Balaban J connectivity index is 2.09. The number of nitrogens with zero attached hydrogens (tertiary/aromatic N) is 2. The van der Waals surface area contributed by atoms with Gasteiger partial charge in [-0.1, -0.05) is 0 Å². The average Bonchev–Trinajstić information content (AvgIpc) is 2.78. The van der Waals surface area contributed by atoms with Gasteiger partial charge in [0.05, 0.1) is 5.60 Å². The van der Waals surface area contributed by atoms with Crippen molar-refractivity contribution in [1.29, 1.82) is 0 Å². The minimum absolute atomic E-state index is 0.0936. The van der Waals surface area contributed by atoms with Crippen molar-refractivity contribution in [3.05, 3.63) is 0 Å². The monoisotopic (exact) mass is 268 g/mol. The molecule has 2 aliphatic heterocycles. The highest BCUT2D eigenvalue weighted by molar-refractivity contribution is 5.90. The fourth-order valence-corrected chi connectivity index (χ4v) is 3.07. The molecule has 2 aliphatic rings. The van der Waals surface area contributed by atoms with Crippen LogP contribution in [0.3, 0.4) is 0 Å². The second-order valence-corrected chi connectivity index (χ2v) is 5.95. The quantitative estimate of drug-likeness (QED) is 0.765. The smallest absolute Gasteiger partial charge is 0.245 e. The first-order valence-electron chi connectivity index (χ1n) is 7.17. The molecule has 0 saturated carbocycles. The molecule has 2 heterocycles. The summed E-state index contributed by atoms with van der Waals surface area (Å²) in [7, 11) is 0. The van der Waals surface area contributed by atoms with Gasteiger partial charge < -0.3 is 14.5 Å². The standard InChI is InChI=1S/C14H24N2O3/c1-4-19-14(2,3)10-15-9-7-12(17)16-8-5-6-11(16)13(15)18/h11H,4-10H2,1-3H3. The maximum atomic E-state index is 12.5. The summed E-state index contributed by atoms with van der Waals surface area (Å²) in [5, 5.41) is 0. The number of carbonyl (C=O) groups excluding carboxylic acids is 2. The van der Waals surface area contributed by atoms with E-state index in [9.17, 15) is 9.59 Å². The molecule has 5 heteroatoms. The summed E-state index contributed by atoms with van der Waals surface area (Å²) in [4.78, 5) is 28.1. The van der Waals surface area contributed by atoms with Crippen molar-refractivity contribution in [3.63, 3.8) is 0 Å². The van der Waals surface area contributed by atoms with Gasteiger partial charge in [0, 0.05) is 32.7 Å². The van der Waals surface area contributed by atoms with E-state index in [0.29, 0.717) is 26.1 Å². The Kier molecular flexibility index (Phi) is 4.13. The van der Waals surface area contributed by atoms with Crippen molar-refractivity contribution >= 4 is 11.8 Å². The largest absolute Gasteiger partial charge is 0.374 e.